The molecule has 1 aliphatic rings. The molecule has 3 aromatic rings. The molecule has 1 fully saturated rings. The zero-order valence-electron chi connectivity index (χ0n) is 16.5. The number of piperidine rings is 1. The maximum Gasteiger partial charge on any atom is 0.416 e. The van der Waals surface area contributed by atoms with E-state index in [1.165, 1.54) is 10.7 Å². The van der Waals surface area contributed by atoms with E-state index in [2.05, 4.69) is 15.3 Å². The number of carbonyl (C=O) groups is 1. The van der Waals surface area contributed by atoms with Crippen LogP contribution in [0.4, 0.5) is 13.2 Å². The summed E-state index contributed by atoms with van der Waals surface area (Å²) in [6, 6.07) is 8.39. The SMILES string of the molecule is O=C(O)C1CCCN(Cc2nnn(-c3cccc(C(F)(F)F)c3)c2-c2ccncc2)C1. The van der Waals surface area contributed by atoms with Gasteiger partial charge in [-0.05, 0) is 49.7 Å². The van der Waals surface area contributed by atoms with Crippen molar-refractivity contribution in [3.05, 3.63) is 60.0 Å². The second-order valence-corrected chi connectivity index (χ2v) is 7.49. The zero-order valence-corrected chi connectivity index (χ0v) is 16.5. The summed E-state index contributed by atoms with van der Waals surface area (Å²) >= 11 is 0. The van der Waals surface area contributed by atoms with E-state index >= 15 is 0 Å². The second-order valence-electron chi connectivity index (χ2n) is 7.49. The average Bonchev–Trinajstić information content (AvgIpc) is 3.17. The highest BCUT2D eigenvalue weighted by atomic mass is 19.4. The van der Waals surface area contributed by atoms with Crippen LogP contribution in [0.25, 0.3) is 16.9 Å². The third-order valence-electron chi connectivity index (χ3n) is 5.34. The molecule has 31 heavy (non-hydrogen) atoms. The van der Waals surface area contributed by atoms with Crippen molar-refractivity contribution in [3.8, 4) is 16.9 Å². The zero-order chi connectivity index (χ0) is 22.0. The number of hydrogen-bond donors (Lipinski definition) is 1. The Morgan fingerprint density at radius 1 is 1.19 bits per heavy atom. The number of nitrogens with zero attached hydrogens (tertiary/aromatic N) is 5. The number of carboxylic acids is 1. The predicted octanol–water partition coefficient (Wildman–Crippen LogP) is 3.64. The summed E-state index contributed by atoms with van der Waals surface area (Å²) in [5.41, 5.74) is 1.29. The molecule has 1 unspecified atom stereocenters. The lowest BCUT2D eigenvalue weighted by Gasteiger charge is -2.30. The molecule has 0 aliphatic carbocycles. The molecule has 162 valence electrons. The number of likely N-dealkylation sites (tertiary alicyclic amines) is 1. The molecule has 7 nitrogen and oxygen atoms in total. The van der Waals surface area contributed by atoms with Crippen LogP contribution in [0.5, 0.6) is 0 Å². The van der Waals surface area contributed by atoms with Crippen molar-refractivity contribution in [1.82, 2.24) is 24.9 Å². The van der Waals surface area contributed by atoms with Crippen LogP contribution in [0.3, 0.4) is 0 Å². The third-order valence-corrected chi connectivity index (χ3v) is 5.34. The van der Waals surface area contributed by atoms with E-state index in [-0.39, 0.29) is 5.69 Å². The van der Waals surface area contributed by atoms with Gasteiger partial charge in [-0.1, -0.05) is 11.3 Å². The van der Waals surface area contributed by atoms with E-state index in [1.807, 2.05) is 4.90 Å². The summed E-state index contributed by atoms with van der Waals surface area (Å²) < 4.78 is 41.0. The van der Waals surface area contributed by atoms with Crippen molar-refractivity contribution in [2.24, 2.45) is 5.92 Å². The fraction of sp³-hybridized carbons (Fsp3) is 0.333. The predicted molar refractivity (Wildman–Crippen MR) is 105 cm³/mol. The molecule has 1 aromatic carbocycles. The molecule has 1 saturated heterocycles. The second kappa shape index (κ2) is 8.46. The van der Waals surface area contributed by atoms with Crippen LogP contribution in [-0.4, -0.2) is 49.0 Å². The molecule has 0 radical (unpaired) electrons. The monoisotopic (exact) mass is 431 g/mol. The van der Waals surface area contributed by atoms with Crippen molar-refractivity contribution < 1.29 is 23.1 Å². The number of alkyl halides is 3. The van der Waals surface area contributed by atoms with E-state index in [1.54, 1.807) is 30.6 Å². The van der Waals surface area contributed by atoms with Crippen LogP contribution in [0, 0.1) is 5.92 Å². The summed E-state index contributed by atoms with van der Waals surface area (Å²) in [6.45, 7) is 1.46. The maximum atomic E-state index is 13.2. The van der Waals surface area contributed by atoms with E-state index in [0.29, 0.717) is 36.5 Å². The average molecular weight is 431 g/mol. The number of aliphatic carboxylic acids is 1. The van der Waals surface area contributed by atoms with Gasteiger partial charge in [-0.3, -0.25) is 14.7 Å². The molecule has 4 rings (SSSR count). The van der Waals surface area contributed by atoms with E-state index in [0.717, 1.165) is 25.1 Å². The van der Waals surface area contributed by atoms with E-state index in [4.69, 9.17) is 0 Å². The van der Waals surface area contributed by atoms with Gasteiger partial charge in [0.15, 0.2) is 0 Å². The lowest BCUT2D eigenvalue weighted by Crippen LogP contribution is -2.38. The number of pyridine rings is 1. The molecule has 2 aromatic heterocycles. The lowest BCUT2D eigenvalue weighted by molar-refractivity contribution is -0.143. The normalized spacial score (nSPS) is 17.6. The Morgan fingerprint density at radius 2 is 1.97 bits per heavy atom. The first-order valence-electron chi connectivity index (χ1n) is 9.80. The molecule has 0 spiro atoms. The number of benzene rings is 1. The molecule has 0 bridgehead atoms. The standard InChI is InChI=1S/C21H20F3N5O2/c22-21(23,24)16-4-1-5-17(11-16)29-19(14-6-8-25-9-7-14)18(26-27-29)13-28-10-2-3-15(12-28)20(30)31/h1,4-9,11,15H,2-3,10,12-13H2,(H,30,31). The molecule has 3 heterocycles. The Morgan fingerprint density at radius 3 is 2.68 bits per heavy atom. The van der Waals surface area contributed by atoms with Crippen LogP contribution in [0.2, 0.25) is 0 Å². The fourth-order valence-electron chi connectivity index (χ4n) is 3.83. The summed E-state index contributed by atoms with van der Waals surface area (Å²) in [5, 5.41) is 17.7. The van der Waals surface area contributed by atoms with Crippen molar-refractivity contribution in [3.63, 3.8) is 0 Å². The summed E-state index contributed by atoms with van der Waals surface area (Å²) in [5.74, 6) is -1.27. The Kier molecular flexibility index (Phi) is 5.73. The number of hydrogen-bond acceptors (Lipinski definition) is 5. The number of rotatable bonds is 5. The molecule has 1 aliphatic heterocycles. The van der Waals surface area contributed by atoms with Crippen molar-refractivity contribution in [1.29, 1.82) is 0 Å². The van der Waals surface area contributed by atoms with Gasteiger partial charge in [-0.2, -0.15) is 13.2 Å². The van der Waals surface area contributed by atoms with Crippen LogP contribution in [-0.2, 0) is 17.5 Å². The molecular formula is C21H20F3N5O2. The summed E-state index contributed by atoms with van der Waals surface area (Å²) in [7, 11) is 0. The summed E-state index contributed by atoms with van der Waals surface area (Å²) in [6.07, 6.45) is 0.0765. The fourth-order valence-corrected chi connectivity index (χ4v) is 3.83. The Labute approximate surface area is 176 Å². The first kappa shape index (κ1) is 21.0. The topological polar surface area (TPSA) is 84.1 Å². The minimum absolute atomic E-state index is 0.238. The summed E-state index contributed by atoms with van der Waals surface area (Å²) in [4.78, 5) is 17.4. The molecular weight excluding hydrogens is 411 g/mol. The first-order valence-corrected chi connectivity index (χ1v) is 9.80. The Balaban J connectivity index is 1.73. The Bertz CT molecular complexity index is 1070. The molecule has 10 heteroatoms. The highest BCUT2D eigenvalue weighted by molar-refractivity contribution is 5.70. The lowest BCUT2D eigenvalue weighted by atomic mass is 9.98. The van der Waals surface area contributed by atoms with Gasteiger partial charge in [0, 0.05) is 31.0 Å². The van der Waals surface area contributed by atoms with Gasteiger partial charge in [-0.25, -0.2) is 4.68 Å². The molecule has 1 N–H and O–H groups in total. The van der Waals surface area contributed by atoms with Crippen molar-refractivity contribution in [2.45, 2.75) is 25.6 Å². The van der Waals surface area contributed by atoms with Gasteiger partial charge in [-0.15, -0.1) is 5.10 Å². The number of halogens is 3. The number of carboxylic acid groups (broad SMARTS) is 1. The number of aromatic nitrogens is 4. The minimum atomic E-state index is -4.48. The first-order chi connectivity index (χ1) is 14.8. The van der Waals surface area contributed by atoms with Crippen molar-refractivity contribution in [2.75, 3.05) is 13.1 Å². The molecule has 0 saturated carbocycles. The van der Waals surface area contributed by atoms with Crippen LogP contribution in [0.1, 0.15) is 24.1 Å². The van der Waals surface area contributed by atoms with Crippen LogP contribution >= 0.6 is 0 Å². The Hall–Kier alpha value is -3.27. The smallest absolute Gasteiger partial charge is 0.416 e. The van der Waals surface area contributed by atoms with Crippen molar-refractivity contribution >= 4 is 5.97 Å². The largest absolute Gasteiger partial charge is 0.481 e. The van der Waals surface area contributed by atoms with Gasteiger partial charge in [0.1, 0.15) is 5.69 Å². The van der Waals surface area contributed by atoms with Gasteiger partial charge in [0.25, 0.3) is 0 Å². The quantitative estimate of drug-likeness (QED) is 0.664. The van der Waals surface area contributed by atoms with Crippen LogP contribution in [0.15, 0.2) is 48.8 Å². The molecule has 0 amide bonds. The van der Waals surface area contributed by atoms with Gasteiger partial charge in [0.2, 0.25) is 0 Å². The van der Waals surface area contributed by atoms with E-state index in [9.17, 15) is 23.1 Å². The van der Waals surface area contributed by atoms with Gasteiger partial charge >= 0.3 is 12.1 Å². The third kappa shape index (κ3) is 4.58. The minimum Gasteiger partial charge on any atom is -0.481 e. The maximum absolute atomic E-state index is 13.2. The van der Waals surface area contributed by atoms with Crippen LogP contribution < -0.4 is 0 Å². The van der Waals surface area contributed by atoms with E-state index < -0.39 is 23.6 Å². The highest BCUT2D eigenvalue weighted by Crippen LogP contribution is 2.32. The highest BCUT2D eigenvalue weighted by Gasteiger charge is 2.31. The van der Waals surface area contributed by atoms with Gasteiger partial charge in [0.05, 0.1) is 22.9 Å². The molecule has 1 atom stereocenters. The van der Waals surface area contributed by atoms with Gasteiger partial charge < -0.3 is 5.11 Å².